The Balaban J connectivity index is 1.08. The Bertz CT molecular complexity index is 2020. The Morgan fingerprint density at radius 3 is 2.44 bits per heavy atom. The van der Waals surface area contributed by atoms with Crippen LogP contribution >= 0.6 is 11.8 Å². The molecule has 0 spiro atoms. The molecular weight excluding hydrogens is 653 g/mol. The van der Waals surface area contributed by atoms with E-state index < -0.39 is 6.29 Å². The summed E-state index contributed by atoms with van der Waals surface area (Å²) in [6.45, 7) is 0.339. The van der Waals surface area contributed by atoms with Gasteiger partial charge in [-0.3, -0.25) is 9.78 Å². The lowest BCUT2D eigenvalue weighted by Crippen LogP contribution is -2.31. The number of rotatable bonds is 11. The lowest BCUT2D eigenvalue weighted by atomic mass is 9.97. The molecule has 252 valence electrons. The number of thioether (sulfide) groups is 1. The third-order valence-electron chi connectivity index (χ3n) is 8.42. The van der Waals surface area contributed by atoms with Crippen LogP contribution < -0.4 is 5.32 Å². The molecule has 0 bridgehead atoms. The number of aromatic hydroxyl groups is 1. The predicted octanol–water partition coefficient (Wildman–Crippen LogP) is 6.19. The van der Waals surface area contributed by atoms with Crippen LogP contribution in [0.1, 0.15) is 51.4 Å². The van der Waals surface area contributed by atoms with E-state index in [1.54, 1.807) is 53.5 Å². The van der Waals surface area contributed by atoms with Gasteiger partial charge in [0.25, 0.3) is 5.91 Å². The molecule has 1 aliphatic heterocycles. The Labute approximate surface area is 292 Å². The summed E-state index contributed by atoms with van der Waals surface area (Å²) >= 11 is 1.48. The number of tetrazole rings is 1. The molecule has 6 aromatic rings. The molecule has 1 fully saturated rings. The molecule has 11 nitrogen and oxygen atoms in total. The third kappa shape index (κ3) is 7.74. The number of phenolic OH excluding ortho intramolecular Hbond substituents is 1. The van der Waals surface area contributed by atoms with Crippen LogP contribution in [0.25, 0.3) is 16.8 Å². The Morgan fingerprint density at radius 1 is 0.900 bits per heavy atom. The van der Waals surface area contributed by atoms with Crippen molar-refractivity contribution in [3.63, 3.8) is 0 Å². The Morgan fingerprint density at radius 2 is 1.68 bits per heavy atom. The molecule has 3 atom stereocenters. The lowest BCUT2D eigenvalue weighted by Gasteiger charge is -2.36. The average molecular weight is 687 g/mol. The number of carbonyl (C=O) groups excluding carboxylic acids is 1. The normalized spacial score (nSPS) is 17.3. The summed E-state index contributed by atoms with van der Waals surface area (Å²) in [6, 6.07) is 34.1. The van der Waals surface area contributed by atoms with Crippen molar-refractivity contribution in [2.45, 2.75) is 43.2 Å². The van der Waals surface area contributed by atoms with Gasteiger partial charge in [0.2, 0.25) is 5.16 Å². The van der Waals surface area contributed by atoms with Crippen LogP contribution in [0.15, 0.2) is 127 Å². The van der Waals surface area contributed by atoms with Crippen molar-refractivity contribution in [3.8, 4) is 22.6 Å². The van der Waals surface area contributed by atoms with E-state index in [9.17, 15) is 15.0 Å². The molecule has 7 rings (SSSR count). The topological polar surface area (TPSA) is 145 Å². The van der Waals surface area contributed by atoms with Gasteiger partial charge in [0.15, 0.2) is 6.29 Å². The number of hydrogen-bond donors (Lipinski definition) is 3. The van der Waals surface area contributed by atoms with Crippen molar-refractivity contribution in [1.29, 1.82) is 0 Å². The summed E-state index contributed by atoms with van der Waals surface area (Å²) in [5, 5.41) is 35.1. The maximum Gasteiger partial charge on any atom is 0.253 e. The van der Waals surface area contributed by atoms with Gasteiger partial charge in [0.1, 0.15) is 5.75 Å². The van der Waals surface area contributed by atoms with E-state index in [2.05, 4.69) is 25.8 Å². The minimum Gasteiger partial charge on any atom is -0.508 e. The molecule has 0 aliphatic carbocycles. The van der Waals surface area contributed by atoms with Gasteiger partial charge in [-0.2, -0.15) is 4.68 Å². The summed E-state index contributed by atoms with van der Waals surface area (Å²) in [4.78, 5) is 16.7. The second-order valence-electron chi connectivity index (χ2n) is 11.8. The van der Waals surface area contributed by atoms with E-state index in [0.29, 0.717) is 29.4 Å². The highest BCUT2D eigenvalue weighted by Gasteiger charge is 2.33. The van der Waals surface area contributed by atoms with Crippen LogP contribution in [-0.4, -0.2) is 53.2 Å². The van der Waals surface area contributed by atoms with E-state index in [1.165, 1.54) is 11.8 Å². The Kier molecular flexibility index (Phi) is 10.2. The third-order valence-corrected chi connectivity index (χ3v) is 9.47. The number of benzene rings is 4. The van der Waals surface area contributed by atoms with Crippen LogP contribution in [0.2, 0.25) is 0 Å². The number of phenols is 1. The van der Waals surface area contributed by atoms with Gasteiger partial charge in [-0.15, -0.1) is 5.10 Å². The number of carbonyl (C=O) groups is 1. The molecular formula is C38H34N6O5S. The van der Waals surface area contributed by atoms with Gasteiger partial charge < -0.3 is 25.0 Å². The van der Waals surface area contributed by atoms with E-state index in [4.69, 9.17) is 9.47 Å². The highest BCUT2D eigenvalue weighted by molar-refractivity contribution is 7.99. The summed E-state index contributed by atoms with van der Waals surface area (Å²) in [5.74, 6) is 0.554. The summed E-state index contributed by atoms with van der Waals surface area (Å²) in [6.07, 6.45) is 2.72. The molecule has 1 saturated heterocycles. The second-order valence-corrected chi connectivity index (χ2v) is 12.7. The zero-order valence-corrected chi connectivity index (χ0v) is 27.7. The van der Waals surface area contributed by atoms with Crippen molar-refractivity contribution in [2.24, 2.45) is 0 Å². The highest BCUT2D eigenvalue weighted by Crippen LogP contribution is 2.40. The summed E-state index contributed by atoms with van der Waals surface area (Å²) < 4.78 is 14.8. The molecule has 1 aliphatic rings. The molecule has 1 amide bonds. The van der Waals surface area contributed by atoms with Crippen molar-refractivity contribution < 1.29 is 24.5 Å². The van der Waals surface area contributed by atoms with E-state index in [0.717, 1.165) is 39.1 Å². The molecule has 4 aromatic carbocycles. The van der Waals surface area contributed by atoms with Crippen LogP contribution in [0.5, 0.6) is 5.75 Å². The maximum absolute atomic E-state index is 12.7. The average Bonchev–Trinajstić information content (AvgIpc) is 3.65. The van der Waals surface area contributed by atoms with E-state index in [1.807, 2.05) is 72.8 Å². The van der Waals surface area contributed by atoms with Gasteiger partial charge in [-0.1, -0.05) is 84.6 Å². The fourth-order valence-corrected chi connectivity index (χ4v) is 6.67. The minimum atomic E-state index is -0.631. The summed E-state index contributed by atoms with van der Waals surface area (Å²) in [5.41, 5.74) is 6.95. The molecule has 0 radical (unpaired) electrons. The SMILES string of the molecule is O=C(NCc1ccccc1-c1ccc([C@@H]2O[C@H](CSc3nnnn3-c3ccc(O)cc3)C[C@H](c3ccc(CO)cc3)O2)cc1)c1cccnc1. The molecule has 2 aromatic heterocycles. The van der Waals surface area contributed by atoms with Crippen molar-refractivity contribution in [3.05, 3.63) is 149 Å². The van der Waals surface area contributed by atoms with Gasteiger partial charge in [-0.25, -0.2) is 0 Å². The number of aliphatic hydroxyl groups is 1. The highest BCUT2D eigenvalue weighted by atomic mass is 32.2. The van der Waals surface area contributed by atoms with Crippen LogP contribution in [0.3, 0.4) is 0 Å². The number of pyridine rings is 1. The number of ether oxygens (including phenoxy) is 2. The maximum atomic E-state index is 12.7. The van der Waals surface area contributed by atoms with Gasteiger partial charge >= 0.3 is 0 Å². The van der Waals surface area contributed by atoms with Crippen LogP contribution in [0.4, 0.5) is 0 Å². The predicted molar refractivity (Wildman–Crippen MR) is 187 cm³/mol. The smallest absolute Gasteiger partial charge is 0.253 e. The number of aromatic nitrogens is 5. The molecule has 0 saturated carbocycles. The second kappa shape index (κ2) is 15.4. The zero-order valence-electron chi connectivity index (χ0n) is 26.9. The number of aliphatic hydroxyl groups excluding tert-OH is 1. The fourth-order valence-electron chi connectivity index (χ4n) is 5.77. The first-order valence-corrected chi connectivity index (χ1v) is 17.1. The standard InChI is InChI=1S/C38H34N6O5S/c45-23-25-7-9-27(10-8-25)35-20-33(24-50-38-41-42-43-44(38)31-15-17-32(46)18-16-31)48-37(49-35)28-13-11-26(12-14-28)34-6-2-1-4-29(34)22-40-36(47)30-5-3-19-39-21-30/h1-19,21,33,35,37,45-46H,20,22-24H2,(H,40,47)/t33-,35+,37+/m0/s1. The summed E-state index contributed by atoms with van der Waals surface area (Å²) in [7, 11) is 0. The first-order valence-electron chi connectivity index (χ1n) is 16.1. The first-order chi connectivity index (χ1) is 24.5. The first kappa shape index (κ1) is 33.1. The monoisotopic (exact) mass is 686 g/mol. The molecule has 3 heterocycles. The van der Waals surface area contributed by atoms with E-state index in [-0.39, 0.29) is 30.5 Å². The molecule has 12 heteroatoms. The van der Waals surface area contributed by atoms with Crippen molar-refractivity contribution >= 4 is 17.7 Å². The molecule has 0 unspecified atom stereocenters. The Hall–Kier alpha value is -5.40. The fraction of sp³-hybridized carbons (Fsp3) is 0.184. The molecule has 3 N–H and O–H groups in total. The largest absolute Gasteiger partial charge is 0.508 e. The van der Waals surface area contributed by atoms with Gasteiger partial charge in [0.05, 0.1) is 30.1 Å². The van der Waals surface area contributed by atoms with Crippen LogP contribution in [0, 0.1) is 0 Å². The zero-order chi connectivity index (χ0) is 34.3. The van der Waals surface area contributed by atoms with Crippen LogP contribution in [-0.2, 0) is 22.6 Å². The minimum absolute atomic E-state index is 0.0289. The van der Waals surface area contributed by atoms with Crippen molar-refractivity contribution in [2.75, 3.05) is 5.75 Å². The number of hydrogen-bond acceptors (Lipinski definition) is 10. The number of amides is 1. The van der Waals surface area contributed by atoms with Gasteiger partial charge in [-0.05, 0) is 74.6 Å². The quantitative estimate of drug-likeness (QED) is 0.135. The molecule has 50 heavy (non-hydrogen) atoms. The van der Waals surface area contributed by atoms with Crippen molar-refractivity contribution in [1.82, 2.24) is 30.5 Å². The van der Waals surface area contributed by atoms with Gasteiger partial charge in [0, 0.05) is 36.7 Å². The lowest BCUT2D eigenvalue weighted by molar-refractivity contribution is -0.245. The number of nitrogens with one attached hydrogen (secondary N) is 1. The van der Waals surface area contributed by atoms with E-state index >= 15 is 0 Å². The number of nitrogens with zero attached hydrogens (tertiary/aromatic N) is 5.